The van der Waals surface area contributed by atoms with Crippen LogP contribution in [0.5, 0.6) is 0 Å². The molecule has 3 nitrogen and oxygen atoms in total. The molecule has 2 fully saturated rings. The van der Waals surface area contributed by atoms with Gasteiger partial charge in [0.1, 0.15) is 5.78 Å². The Labute approximate surface area is 59.8 Å². The first-order valence-electron chi connectivity index (χ1n) is 3.57. The number of rotatable bonds is 0. The van der Waals surface area contributed by atoms with Gasteiger partial charge in [-0.3, -0.25) is 9.59 Å². The topological polar surface area (TPSA) is 46.2 Å². The molecule has 0 aromatic carbocycles. The Morgan fingerprint density at radius 1 is 1.10 bits per heavy atom. The van der Waals surface area contributed by atoms with Crippen molar-refractivity contribution in [1.29, 1.82) is 0 Å². The highest BCUT2D eigenvalue weighted by Crippen LogP contribution is 2.10. The van der Waals surface area contributed by atoms with Crippen molar-refractivity contribution < 1.29 is 9.59 Å². The first-order valence-corrected chi connectivity index (χ1v) is 3.57. The van der Waals surface area contributed by atoms with Gasteiger partial charge in [0.05, 0.1) is 0 Å². The summed E-state index contributed by atoms with van der Waals surface area (Å²) in [6, 6.07) is 0. The predicted molar refractivity (Wildman–Crippen MR) is 36.5 cm³/mol. The van der Waals surface area contributed by atoms with Crippen LogP contribution in [0.25, 0.3) is 0 Å². The van der Waals surface area contributed by atoms with E-state index < -0.39 is 0 Å². The summed E-state index contributed by atoms with van der Waals surface area (Å²) < 4.78 is 0. The van der Waals surface area contributed by atoms with Gasteiger partial charge in [-0.1, -0.05) is 0 Å². The van der Waals surface area contributed by atoms with E-state index in [1.807, 2.05) is 0 Å². The molecule has 1 saturated carbocycles. The summed E-state index contributed by atoms with van der Waals surface area (Å²) >= 11 is 0. The molecule has 1 N–H and O–H groups in total. The number of nitrogens with one attached hydrogen (secondary N) is 1. The summed E-state index contributed by atoms with van der Waals surface area (Å²) in [5, 5.41) is 2.57. The lowest BCUT2D eigenvalue weighted by Crippen LogP contribution is -2.37. The minimum Gasteiger partial charge on any atom is -0.356 e. The van der Waals surface area contributed by atoms with E-state index in [2.05, 4.69) is 5.32 Å². The van der Waals surface area contributed by atoms with Gasteiger partial charge in [0.15, 0.2) is 0 Å². The van der Waals surface area contributed by atoms with Crippen molar-refractivity contribution in [3.63, 3.8) is 0 Å². The number of Topliss-reactive ketones (excluding diaryl/α,β-unsaturated/α-hetero) is 1. The van der Waals surface area contributed by atoms with E-state index in [9.17, 15) is 9.59 Å². The molecule has 0 aromatic heterocycles. The monoisotopic (exact) mass is 141 g/mol. The summed E-state index contributed by atoms with van der Waals surface area (Å²) in [4.78, 5) is 19.7. The Kier molecular flexibility index (Phi) is 2.42. The highest BCUT2D eigenvalue weighted by molar-refractivity contribution is 5.83. The van der Waals surface area contributed by atoms with Crippen LogP contribution < -0.4 is 5.32 Å². The molecular weight excluding hydrogens is 130 g/mol. The zero-order valence-electron chi connectivity index (χ0n) is 5.85. The van der Waals surface area contributed by atoms with E-state index in [0.29, 0.717) is 5.78 Å². The van der Waals surface area contributed by atoms with Gasteiger partial charge in [0.25, 0.3) is 0 Å². The third-order valence-corrected chi connectivity index (χ3v) is 1.59. The van der Waals surface area contributed by atoms with E-state index in [-0.39, 0.29) is 5.91 Å². The van der Waals surface area contributed by atoms with Crippen LogP contribution in [0.3, 0.4) is 0 Å². The van der Waals surface area contributed by atoms with Crippen molar-refractivity contribution >= 4 is 11.7 Å². The molecule has 1 aliphatic carbocycles. The van der Waals surface area contributed by atoms with Crippen LogP contribution in [-0.4, -0.2) is 18.2 Å². The lowest BCUT2D eigenvalue weighted by molar-refractivity contribution is -0.125. The maximum Gasteiger partial charge on any atom is 0.221 e. The van der Waals surface area contributed by atoms with Crippen LogP contribution >= 0.6 is 0 Å². The minimum absolute atomic E-state index is 0.185. The molecule has 56 valence electrons. The fraction of sp³-hybridized carbons (Fsp3) is 0.714. The second kappa shape index (κ2) is 3.34. The summed E-state index contributed by atoms with van der Waals surface area (Å²) in [7, 11) is 0. The fourth-order valence-corrected chi connectivity index (χ4v) is 0.548. The molecule has 1 amide bonds. The van der Waals surface area contributed by atoms with Crippen molar-refractivity contribution in [2.24, 2.45) is 0 Å². The molecule has 0 atom stereocenters. The van der Waals surface area contributed by atoms with Crippen molar-refractivity contribution in [3.05, 3.63) is 0 Å². The van der Waals surface area contributed by atoms with E-state index in [1.54, 1.807) is 0 Å². The summed E-state index contributed by atoms with van der Waals surface area (Å²) in [6.45, 7) is 0.888. The largest absolute Gasteiger partial charge is 0.356 e. The molecule has 1 saturated heterocycles. The normalized spacial score (nSPS) is 21.2. The van der Waals surface area contributed by atoms with Gasteiger partial charge in [-0.25, -0.2) is 0 Å². The zero-order chi connectivity index (χ0) is 7.40. The van der Waals surface area contributed by atoms with Crippen LogP contribution in [-0.2, 0) is 9.59 Å². The number of carbonyl (C=O) groups is 2. The van der Waals surface area contributed by atoms with Crippen LogP contribution in [0, 0.1) is 0 Å². The van der Waals surface area contributed by atoms with Crippen molar-refractivity contribution in [1.82, 2.24) is 5.32 Å². The molecule has 0 unspecified atom stereocenters. The fourth-order valence-electron chi connectivity index (χ4n) is 0.548. The number of amides is 1. The molecule has 0 radical (unpaired) electrons. The Balaban J connectivity index is 0.0000001000. The van der Waals surface area contributed by atoms with Gasteiger partial charge in [-0.05, 0) is 6.42 Å². The SMILES string of the molecule is O=C1CCC1.O=C1CCN1. The minimum atomic E-state index is 0.185. The summed E-state index contributed by atoms with van der Waals surface area (Å²) in [5.41, 5.74) is 0. The lowest BCUT2D eigenvalue weighted by Gasteiger charge is -2.10. The molecule has 1 aliphatic heterocycles. The predicted octanol–water partition coefficient (Wildman–Crippen LogP) is 0.246. The molecule has 10 heavy (non-hydrogen) atoms. The molecule has 0 spiro atoms. The van der Waals surface area contributed by atoms with E-state index in [0.717, 1.165) is 32.2 Å². The molecule has 2 aliphatic rings. The average Bonchev–Trinajstić information content (AvgIpc) is 1.80. The molecule has 3 heteroatoms. The van der Waals surface area contributed by atoms with E-state index >= 15 is 0 Å². The van der Waals surface area contributed by atoms with Crippen molar-refractivity contribution in [3.8, 4) is 0 Å². The van der Waals surface area contributed by atoms with Gasteiger partial charge in [0.2, 0.25) is 5.91 Å². The highest BCUT2D eigenvalue weighted by atomic mass is 16.2. The average molecular weight is 141 g/mol. The van der Waals surface area contributed by atoms with Gasteiger partial charge >= 0.3 is 0 Å². The highest BCUT2D eigenvalue weighted by Gasteiger charge is 2.09. The van der Waals surface area contributed by atoms with Crippen LogP contribution in [0.4, 0.5) is 0 Å². The maximum absolute atomic E-state index is 9.90. The maximum atomic E-state index is 9.90. The third kappa shape index (κ3) is 2.17. The third-order valence-electron chi connectivity index (χ3n) is 1.59. The van der Waals surface area contributed by atoms with Crippen LogP contribution in [0.1, 0.15) is 25.7 Å². The first-order chi connectivity index (χ1) is 4.79. The second-order valence-corrected chi connectivity index (χ2v) is 2.49. The van der Waals surface area contributed by atoms with Crippen LogP contribution in [0.2, 0.25) is 0 Å². The Bertz CT molecular complexity index is 124. The van der Waals surface area contributed by atoms with Crippen LogP contribution in [0.15, 0.2) is 0 Å². The second-order valence-electron chi connectivity index (χ2n) is 2.49. The number of hydrogen-bond acceptors (Lipinski definition) is 2. The van der Waals surface area contributed by atoms with Crippen molar-refractivity contribution in [2.45, 2.75) is 25.7 Å². The van der Waals surface area contributed by atoms with E-state index in [4.69, 9.17) is 0 Å². The molecule has 1 heterocycles. The zero-order valence-corrected chi connectivity index (χ0v) is 5.85. The molecule has 2 rings (SSSR count). The van der Waals surface area contributed by atoms with Gasteiger partial charge in [-0.2, -0.15) is 0 Å². The van der Waals surface area contributed by atoms with Gasteiger partial charge < -0.3 is 5.32 Å². The number of carbonyl (C=O) groups excluding carboxylic acids is 2. The van der Waals surface area contributed by atoms with Gasteiger partial charge in [0, 0.05) is 25.8 Å². The number of β-lactam (4-membered cyclic amide) rings is 1. The smallest absolute Gasteiger partial charge is 0.221 e. The summed E-state index contributed by atoms with van der Waals surface area (Å²) in [6.07, 6.45) is 3.57. The lowest BCUT2D eigenvalue weighted by atomic mass is 9.99. The quantitative estimate of drug-likeness (QED) is 0.491. The molecular formula is C7H11NO2. The van der Waals surface area contributed by atoms with E-state index in [1.165, 1.54) is 0 Å². The van der Waals surface area contributed by atoms with Gasteiger partial charge in [-0.15, -0.1) is 0 Å². The first kappa shape index (κ1) is 7.25. The number of hydrogen-bond donors (Lipinski definition) is 1. The summed E-state index contributed by atoms with van der Waals surface area (Å²) in [5.74, 6) is 0.620. The Morgan fingerprint density at radius 2 is 1.50 bits per heavy atom. The number of ketones is 1. The molecule has 0 bridgehead atoms. The molecule has 0 aromatic rings. The Hall–Kier alpha value is -0.860. The Morgan fingerprint density at radius 3 is 1.50 bits per heavy atom. The standard InChI is InChI=1S/C4H6O.C3H5NO/c5-4-2-1-3-4;5-3-1-2-4-3/h1-3H2;1-2H2,(H,4,5). The van der Waals surface area contributed by atoms with Crippen molar-refractivity contribution in [2.75, 3.05) is 6.54 Å².